The first-order valence-electron chi connectivity index (χ1n) is 7.76. The molecule has 0 fully saturated rings. The number of hydrogen-bond donors (Lipinski definition) is 1. The number of rotatable bonds is 6. The fraction of sp³-hybridized carbons (Fsp3) is 0.294. The van der Waals surface area contributed by atoms with Gasteiger partial charge in [-0.05, 0) is 32.0 Å². The van der Waals surface area contributed by atoms with Gasteiger partial charge in [0.25, 0.3) is 0 Å². The molecule has 0 aromatic carbocycles. The summed E-state index contributed by atoms with van der Waals surface area (Å²) < 4.78 is 7.56. The zero-order chi connectivity index (χ0) is 16.9. The summed E-state index contributed by atoms with van der Waals surface area (Å²) in [5.74, 6) is 1.31. The molecule has 3 aromatic rings. The second kappa shape index (κ2) is 7.08. The van der Waals surface area contributed by atoms with Gasteiger partial charge in [0.1, 0.15) is 11.9 Å². The Morgan fingerprint density at radius 1 is 1.29 bits per heavy atom. The lowest BCUT2D eigenvalue weighted by Gasteiger charge is -2.15. The quantitative estimate of drug-likeness (QED) is 0.750. The van der Waals surface area contributed by atoms with E-state index in [9.17, 15) is 0 Å². The lowest BCUT2D eigenvalue weighted by molar-refractivity contribution is 0.233. The molecule has 0 saturated heterocycles. The maximum Gasteiger partial charge on any atom is 0.223 e. The SMILES string of the molecule is Cc1nn(C)cc1-c1ccnc(NCC(C)Oc2cccnc2)n1. The summed E-state index contributed by atoms with van der Waals surface area (Å²) in [5.41, 5.74) is 2.79. The molecule has 24 heavy (non-hydrogen) atoms. The van der Waals surface area contributed by atoms with Gasteiger partial charge in [-0.2, -0.15) is 5.10 Å². The van der Waals surface area contributed by atoms with Gasteiger partial charge in [0, 0.05) is 31.2 Å². The molecule has 0 aliphatic carbocycles. The van der Waals surface area contributed by atoms with Crippen molar-refractivity contribution in [3.05, 3.63) is 48.7 Å². The average Bonchev–Trinajstić information content (AvgIpc) is 2.93. The summed E-state index contributed by atoms with van der Waals surface area (Å²) in [5, 5.41) is 7.55. The molecule has 7 nitrogen and oxygen atoms in total. The van der Waals surface area contributed by atoms with Crippen LogP contribution in [0.3, 0.4) is 0 Å². The molecule has 0 saturated carbocycles. The van der Waals surface area contributed by atoms with Crippen LogP contribution in [0.5, 0.6) is 5.75 Å². The summed E-state index contributed by atoms with van der Waals surface area (Å²) >= 11 is 0. The first kappa shape index (κ1) is 15.9. The summed E-state index contributed by atoms with van der Waals surface area (Å²) in [6, 6.07) is 5.61. The van der Waals surface area contributed by atoms with Gasteiger partial charge in [0.05, 0.1) is 24.1 Å². The van der Waals surface area contributed by atoms with Crippen LogP contribution in [0.25, 0.3) is 11.3 Å². The lowest BCUT2D eigenvalue weighted by atomic mass is 10.2. The highest BCUT2D eigenvalue weighted by atomic mass is 16.5. The van der Waals surface area contributed by atoms with Crippen molar-refractivity contribution in [1.29, 1.82) is 0 Å². The monoisotopic (exact) mass is 324 g/mol. The number of aryl methyl sites for hydroxylation is 2. The summed E-state index contributed by atoms with van der Waals surface area (Å²) in [6.45, 7) is 4.54. The normalized spacial score (nSPS) is 12.0. The highest BCUT2D eigenvalue weighted by Gasteiger charge is 2.10. The van der Waals surface area contributed by atoms with E-state index in [1.807, 2.05) is 45.3 Å². The number of nitrogens with one attached hydrogen (secondary N) is 1. The third-order valence-corrected chi connectivity index (χ3v) is 3.46. The Morgan fingerprint density at radius 3 is 2.88 bits per heavy atom. The number of anilines is 1. The van der Waals surface area contributed by atoms with Gasteiger partial charge in [-0.25, -0.2) is 9.97 Å². The van der Waals surface area contributed by atoms with Crippen molar-refractivity contribution in [3.8, 4) is 17.0 Å². The molecule has 3 heterocycles. The highest BCUT2D eigenvalue weighted by molar-refractivity contribution is 5.61. The maximum atomic E-state index is 5.78. The van der Waals surface area contributed by atoms with Crippen molar-refractivity contribution in [2.75, 3.05) is 11.9 Å². The van der Waals surface area contributed by atoms with Crippen molar-refractivity contribution in [3.63, 3.8) is 0 Å². The Morgan fingerprint density at radius 2 is 2.17 bits per heavy atom. The van der Waals surface area contributed by atoms with Crippen LogP contribution >= 0.6 is 0 Å². The van der Waals surface area contributed by atoms with Gasteiger partial charge >= 0.3 is 0 Å². The van der Waals surface area contributed by atoms with E-state index in [4.69, 9.17) is 4.74 Å². The molecule has 0 bridgehead atoms. The van der Waals surface area contributed by atoms with Crippen molar-refractivity contribution < 1.29 is 4.74 Å². The number of pyridine rings is 1. The Labute approximate surface area is 140 Å². The predicted molar refractivity (Wildman–Crippen MR) is 91.8 cm³/mol. The molecule has 7 heteroatoms. The van der Waals surface area contributed by atoms with Gasteiger partial charge in [0.15, 0.2) is 0 Å². The molecule has 3 rings (SSSR count). The second-order valence-electron chi connectivity index (χ2n) is 5.57. The largest absolute Gasteiger partial charge is 0.487 e. The Bertz CT molecular complexity index is 802. The van der Waals surface area contributed by atoms with Crippen LogP contribution in [0, 0.1) is 6.92 Å². The van der Waals surface area contributed by atoms with Crippen molar-refractivity contribution in [2.45, 2.75) is 20.0 Å². The Kier molecular flexibility index (Phi) is 4.69. The van der Waals surface area contributed by atoms with E-state index < -0.39 is 0 Å². The summed E-state index contributed by atoms with van der Waals surface area (Å²) in [7, 11) is 1.90. The molecule has 1 unspecified atom stereocenters. The van der Waals surface area contributed by atoms with E-state index in [0.29, 0.717) is 12.5 Å². The van der Waals surface area contributed by atoms with Gasteiger partial charge in [-0.1, -0.05) is 0 Å². The van der Waals surface area contributed by atoms with Crippen LogP contribution in [0.15, 0.2) is 43.0 Å². The van der Waals surface area contributed by atoms with E-state index in [-0.39, 0.29) is 6.10 Å². The predicted octanol–water partition coefficient (Wildman–Crippen LogP) is 2.46. The number of hydrogen-bond acceptors (Lipinski definition) is 6. The minimum absolute atomic E-state index is 0.0402. The molecule has 3 aromatic heterocycles. The first-order chi connectivity index (χ1) is 11.6. The van der Waals surface area contributed by atoms with E-state index >= 15 is 0 Å². The van der Waals surface area contributed by atoms with Crippen LogP contribution in [0.1, 0.15) is 12.6 Å². The summed E-state index contributed by atoms with van der Waals surface area (Å²) in [4.78, 5) is 12.8. The zero-order valence-electron chi connectivity index (χ0n) is 14.0. The third kappa shape index (κ3) is 3.87. The molecular weight excluding hydrogens is 304 g/mol. The van der Waals surface area contributed by atoms with Crippen molar-refractivity contribution in [1.82, 2.24) is 24.7 Å². The van der Waals surface area contributed by atoms with Gasteiger partial charge in [-0.3, -0.25) is 9.67 Å². The van der Waals surface area contributed by atoms with Crippen LogP contribution in [-0.2, 0) is 7.05 Å². The minimum atomic E-state index is -0.0402. The zero-order valence-corrected chi connectivity index (χ0v) is 14.0. The molecule has 124 valence electrons. The van der Waals surface area contributed by atoms with Crippen LogP contribution in [-0.4, -0.2) is 37.4 Å². The first-order valence-corrected chi connectivity index (χ1v) is 7.76. The Hall–Kier alpha value is -2.96. The third-order valence-electron chi connectivity index (χ3n) is 3.46. The maximum absolute atomic E-state index is 5.78. The number of nitrogens with zero attached hydrogens (tertiary/aromatic N) is 5. The fourth-order valence-electron chi connectivity index (χ4n) is 2.37. The molecule has 1 N–H and O–H groups in total. The molecule has 1 atom stereocenters. The van der Waals surface area contributed by atoms with Crippen LogP contribution in [0.2, 0.25) is 0 Å². The van der Waals surface area contributed by atoms with Crippen LogP contribution in [0.4, 0.5) is 5.95 Å². The molecule has 0 amide bonds. The second-order valence-corrected chi connectivity index (χ2v) is 5.57. The molecule has 0 spiro atoms. The van der Waals surface area contributed by atoms with Crippen molar-refractivity contribution >= 4 is 5.95 Å². The minimum Gasteiger partial charge on any atom is -0.487 e. The van der Waals surface area contributed by atoms with Crippen molar-refractivity contribution in [2.24, 2.45) is 7.05 Å². The number of ether oxygens (including phenoxy) is 1. The smallest absolute Gasteiger partial charge is 0.223 e. The van der Waals surface area contributed by atoms with E-state index in [1.165, 1.54) is 0 Å². The van der Waals surface area contributed by atoms with Gasteiger partial charge < -0.3 is 10.1 Å². The molecule has 0 aliphatic heterocycles. The summed E-state index contributed by atoms with van der Waals surface area (Å²) in [6.07, 6.45) is 7.06. The molecule has 0 aliphatic rings. The standard InChI is InChI=1S/C17H20N6O/c1-12(24-14-5-4-7-18-10-14)9-20-17-19-8-6-16(21-17)15-11-23(3)22-13(15)2/h4-8,10-12H,9H2,1-3H3,(H,19,20,21). The lowest BCUT2D eigenvalue weighted by Crippen LogP contribution is -2.23. The average molecular weight is 324 g/mol. The van der Waals surface area contributed by atoms with E-state index in [1.54, 1.807) is 23.3 Å². The fourth-order valence-corrected chi connectivity index (χ4v) is 2.37. The highest BCUT2D eigenvalue weighted by Crippen LogP contribution is 2.20. The van der Waals surface area contributed by atoms with Crippen LogP contribution < -0.4 is 10.1 Å². The number of aromatic nitrogens is 5. The topological polar surface area (TPSA) is 77.8 Å². The van der Waals surface area contributed by atoms with Gasteiger partial charge in [-0.15, -0.1) is 0 Å². The Balaban J connectivity index is 1.63. The van der Waals surface area contributed by atoms with E-state index in [2.05, 4.69) is 25.4 Å². The molecule has 0 radical (unpaired) electrons. The molecular formula is C17H20N6O. The van der Waals surface area contributed by atoms with E-state index in [0.717, 1.165) is 22.7 Å². The van der Waals surface area contributed by atoms with Gasteiger partial charge in [0.2, 0.25) is 5.95 Å².